The van der Waals surface area contributed by atoms with E-state index in [1.54, 1.807) is 0 Å². The molecule has 0 saturated heterocycles. The molecule has 0 aliphatic heterocycles. The molecule has 0 aromatic heterocycles. The molecule has 3 N–H and O–H groups in total. The standard InChI is InChI=1S/C14H15N.ClH/c15-14(13-9-5-2-6-10-13)11-12-7-3-1-4-8-12;/h1-10,14H,11,15H2;1H. The van der Waals surface area contributed by atoms with E-state index in [1.807, 2.05) is 12.1 Å². The van der Waals surface area contributed by atoms with Crippen LogP contribution in [0.4, 0.5) is 0 Å². The third-order valence-electron chi connectivity index (χ3n) is 2.60. The first-order valence-corrected chi connectivity index (χ1v) is 5.28. The van der Waals surface area contributed by atoms with Crippen LogP contribution in [0.25, 0.3) is 0 Å². The molecule has 0 saturated carbocycles. The Hall–Kier alpha value is -1.31. The molecule has 0 bridgehead atoms. The van der Waals surface area contributed by atoms with Crippen molar-refractivity contribution < 1.29 is 18.1 Å². The van der Waals surface area contributed by atoms with Gasteiger partial charge in [-0.3, -0.25) is 0 Å². The maximum absolute atomic E-state index is 4.20. The SMILES string of the molecule is [Cl-].[NH3+]C(Cc1ccccc1)c1ccccc1. The minimum absolute atomic E-state index is 0. The van der Waals surface area contributed by atoms with Crippen molar-refractivity contribution in [3.05, 3.63) is 71.8 Å². The lowest BCUT2D eigenvalue weighted by Crippen LogP contribution is -3.00. The highest BCUT2D eigenvalue weighted by molar-refractivity contribution is 5.21. The van der Waals surface area contributed by atoms with Crippen LogP contribution in [0, 0.1) is 0 Å². The second kappa shape index (κ2) is 6.31. The molecule has 1 unspecified atom stereocenters. The molecule has 0 heterocycles. The van der Waals surface area contributed by atoms with E-state index in [1.165, 1.54) is 11.1 Å². The zero-order valence-corrected chi connectivity index (χ0v) is 9.90. The topological polar surface area (TPSA) is 27.6 Å². The monoisotopic (exact) mass is 233 g/mol. The van der Waals surface area contributed by atoms with Crippen molar-refractivity contribution in [2.45, 2.75) is 12.5 Å². The van der Waals surface area contributed by atoms with E-state index in [0.29, 0.717) is 6.04 Å². The van der Waals surface area contributed by atoms with Crippen molar-refractivity contribution in [3.8, 4) is 0 Å². The lowest BCUT2D eigenvalue weighted by molar-refractivity contribution is -0.426. The average molecular weight is 234 g/mol. The molecular formula is C14H16ClN. The van der Waals surface area contributed by atoms with E-state index in [9.17, 15) is 0 Å². The van der Waals surface area contributed by atoms with E-state index >= 15 is 0 Å². The third kappa shape index (κ3) is 3.37. The molecule has 0 amide bonds. The van der Waals surface area contributed by atoms with Crippen LogP contribution in [0.15, 0.2) is 60.7 Å². The van der Waals surface area contributed by atoms with Gasteiger partial charge in [-0.1, -0.05) is 60.7 Å². The summed E-state index contributed by atoms with van der Waals surface area (Å²) < 4.78 is 0. The fraction of sp³-hybridized carbons (Fsp3) is 0.143. The summed E-state index contributed by atoms with van der Waals surface area (Å²) in [6, 6.07) is 21.3. The Bertz CT molecular complexity index is 400. The molecule has 2 rings (SSSR count). The van der Waals surface area contributed by atoms with Gasteiger partial charge in [0.25, 0.3) is 0 Å². The second-order valence-electron chi connectivity index (χ2n) is 3.80. The molecule has 0 fully saturated rings. The highest BCUT2D eigenvalue weighted by Crippen LogP contribution is 2.13. The summed E-state index contributed by atoms with van der Waals surface area (Å²) in [6.07, 6.45) is 1.00. The zero-order chi connectivity index (χ0) is 10.5. The largest absolute Gasteiger partial charge is 1.00 e. The van der Waals surface area contributed by atoms with Gasteiger partial charge >= 0.3 is 0 Å². The third-order valence-corrected chi connectivity index (χ3v) is 2.60. The quantitative estimate of drug-likeness (QED) is 0.721. The molecule has 2 heteroatoms. The predicted octanol–water partition coefficient (Wildman–Crippen LogP) is -0.784. The van der Waals surface area contributed by atoms with Crippen LogP contribution in [-0.2, 0) is 6.42 Å². The average Bonchev–Trinajstić information content (AvgIpc) is 2.31. The van der Waals surface area contributed by atoms with Gasteiger partial charge in [0, 0.05) is 12.0 Å². The molecule has 0 radical (unpaired) electrons. The summed E-state index contributed by atoms with van der Waals surface area (Å²) in [5, 5.41) is 0. The lowest BCUT2D eigenvalue weighted by atomic mass is 10.00. The van der Waals surface area contributed by atoms with Crippen molar-refractivity contribution in [1.82, 2.24) is 0 Å². The van der Waals surface area contributed by atoms with Crippen molar-refractivity contribution in [1.29, 1.82) is 0 Å². The van der Waals surface area contributed by atoms with Gasteiger partial charge in [0.2, 0.25) is 0 Å². The van der Waals surface area contributed by atoms with Crippen LogP contribution in [0.1, 0.15) is 17.2 Å². The maximum Gasteiger partial charge on any atom is 0.114 e. The van der Waals surface area contributed by atoms with E-state index in [4.69, 9.17) is 0 Å². The molecule has 1 atom stereocenters. The highest BCUT2D eigenvalue weighted by Gasteiger charge is 2.08. The van der Waals surface area contributed by atoms with Gasteiger partial charge in [0.05, 0.1) is 0 Å². The Morgan fingerprint density at radius 2 is 1.31 bits per heavy atom. The van der Waals surface area contributed by atoms with E-state index in [0.717, 1.165) is 6.42 Å². The number of halogens is 1. The van der Waals surface area contributed by atoms with Crippen LogP contribution in [0.2, 0.25) is 0 Å². The Kier molecular flexibility index (Phi) is 5.03. The predicted molar refractivity (Wildman–Crippen MR) is 62.2 cm³/mol. The smallest absolute Gasteiger partial charge is 0.114 e. The fourth-order valence-corrected chi connectivity index (χ4v) is 1.74. The molecule has 0 aliphatic carbocycles. The summed E-state index contributed by atoms with van der Waals surface area (Å²) in [6.45, 7) is 0. The Morgan fingerprint density at radius 1 is 0.812 bits per heavy atom. The molecule has 0 spiro atoms. The maximum atomic E-state index is 4.20. The van der Waals surface area contributed by atoms with Crippen LogP contribution in [0.3, 0.4) is 0 Å². The van der Waals surface area contributed by atoms with Crippen LogP contribution < -0.4 is 18.1 Å². The minimum atomic E-state index is 0. The number of rotatable bonds is 3. The zero-order valence-electron chi connectivity index (χ0n) is 9.14. The summed E-state index contributed by atoms with van der Waals surface area (Å²) in [5.74, 6) is 0. The van der Waals surface area contributed by atoms with Crippen molar-refractivity contribution in [3.63, 3.8) is 0 Å². The number of hydrogen-bond donors (Lipinski definition) is 1. The van der Waals surface area contributed by atoms with Crippen LogP contribution in [-0.4, -0.2) is 0 Å². The van der Waals surface area contributed by atoms with Gasteiger partial charge in [0.1, 0.15) is 6.04 Å². The second-order valence-corrected chi connectivity index (χ2v) is 3.80. The van der Waals surface area contributed by atoms with Gasteiger partial charge < -0.3 is 18.1 Å². The van der Waals surface area contributed by atoms with E-state index in [-0.39, 0.29) is 12.4 Å². The first-order valence-electron chi connectivity index (χ1n) is 5.28. The van der Waals surface area contributed by atoms with Crippen molar-refractivity contribution >= 4 is 0 Å². The Morgan fingerprint density at radius 3 is 1.88 bits per heavy atom. The summed E-state index contributed by atoms with van der Waals surface area (Å²) in [7, 11) is 0. The molecule has 0 aliphatic rings. The minimum Gasteiger partial charge on any atom is -1.00 e. The highest BCUT2D eigenvalue weighted by atomic mass is 35.5. The van der Waals surface area contributed by atoms with E-state index < -0.39 is 0 Å². The first kappa shape index (κ1) is 12.8. The normalized spacial score (nSPS) is 11.6. The number of benzene rings is 2. The van der Waals surface area contributed by atoms with Gasteiger partial charge in [-0.05, 0) is 5.56 Å². The number of hydrogen-bond acceptors (Lipinski definition) is 0. The summed E-state index contributed by atoms with van der Waals surface area (Å²) in [4.78, 5) is 0. The molecule has 16 heavy (non-hydrogen) atoms. The molecule has 84 valence electrons. The fourth-order valence-electron chi connectivity index (χ4n) is 1.74. The van der Waals surface area contributed by atoms with Crippen molar-refractivity contribution in [2.24, 2.45) is 0 Å². The summed E-state index contributed by atoms with van der Waals surface area (Å²) in [5.41, 5.74) is 6.86. The van der Waals surface area contributed by atoms with E-state index in [2.05, 4.69) is 54.3 Å². The molecule has 2 aromatic carbocycles. The first-order chi connectivity index (χ1) is 7.36. The van der Waals surface area contributed by atoms with Gasteiger partial charge in [-0.15, -0.1) is 0 Å². The Balaban J connectivity index is 0.00000128. The van der Waals surface area contributed by atoms with Gasteiger partial charge in [-0.2, -0.15) is 0 Å². The van der Waals surface area contributed by atoms with Crippen molar-refractivity contribution in [2.75, 3.05) is 0 Å². The summed E-state index contributed by atoms with van der Waals surface area (Å²) >= 11 is 0. The molecule has 2 aromatic rings. The van der Waals surface area contributed by atoms with Gasteiger partial charge in [-0.25, -0.2) is 0 Å². The Labute approximate surface area is 103 Å². The van der Waals surface area contributed by atoms with Gasteiger partial charge in [0.15, 0.2) is 0 Å². The number of quaternary nitrogens is 1. The lowest BCUT2D eigenvalue weighted by Gasteiger charge is -2.08. The van der Waals surface area contributed by atoms with Crippen LogP contribution >= 0.6 is 0 Å². The molecule has 1 nitrogen and oxygen atoms in total. The van der Waals surface area contributed by atoms with Crippen LogP contribution in [0.5, 0.6) is 0 Å². The molecular weight excluding hydrogens is 218 g/mol.